The molecule has 1 amide bonds. The number of nitrogens with one attached hydrogen (secondary N) is 1. The van der Waals surface area contributed by atoms with Crippen molar-refractivity contribution in [3.8, 4) is 5.69 Å². The molecule has 6 heteroatoms. The number of amides is 1. The number of nitrogens with zero attached hydrogens (tertiary/aromatic N) is 2. The standard InChI is InChI=1S/C26H31N3O3/c1-3-32-23(30)9-17(2)27-25(31)22-16-29(21-7-5-4-6-8-21)28-24(22)26-13-18-10-19(14-26)12-20(11-18)15-26/h4-9,16,18-20H,3,10-15H2,1-2H3,(H,27,31)/b17-9+. The summed E-state index contributed by atoms with van der Waals surface area (Å²) in [6, 6.07) is 9.94. The highest BCUT2D eigenvalue weighted by Crippen LogP contribution is 2.60. The molecule has 0 atom stereocenters. The third-order valence-electron chi connectivity index (χ3n) is 7.45. The third kappa shape index (κ3) is 3.87. The molecule has 1 aromatic heterocycles. The van der Waals surface area contributed by atoms with E-state index in [1.54, 1.807) is 13.8 Å². The number of ether oxygens (including phenoxy) is 1. The molecule has 0 unspecified atom stereocenters. The molecule has 32 heavy (non-hydrogen) atoms. The van der Waals surface area contributed by atoms with Gasteiger partial charge in [0, 0.05) is 23.4 Å². The van der Waals surface area contributed by atoms with E-state index >= 15 is 0 Å². The van der Waals surface area contributed by atoms with Gasteiger partial charge in [0.15, 0.2) is 0 Å². The average Bonchev–Trinajstić information content (AvgIpc) is 3.20. The van der Waals surface area contributed by atoms with Crippen molar-refractivity contribution in [2.24, 2.45) is 17.8 Å². The van der Waals surface area contributed by atoms with Crippen LogP contribution in [-0.4, -0.2) is 28.3 Å². The lowest BCUT2D eigenvalue weighted by Gasteiger charge is -2.56. The van der Waals surface area contributed by atoms with E-state index in [1.807, 2.05) is 41.2 Å². The van der Waals surface area contributed by atoms with Crippen molar-refractivity contribution in [3.63, 3.8) is 0 Å². The van der Waals surface area contributed by atoms with Gasteiger partial charge in [0.05, 0.1) is 23.6 Å². The quantitative estimate of drug-likeness (QED) is 0.536. The van der Waals surface area contributed by atoms with Gasteiger partial charge < -0.3 is 10.1 Å². The van der Waals surface area contributed by atoms with E-state index in [-0.39, 0.29) is 11.3 Å². The molecule has 6 nitrogen and oxygen atoms in total. The lowest BCUT2D eigenvalue weighted by atomic mass is 9.48. The zero-order valence-corrected chi connectivity index (χ0v) is 18.8. The Morgan fingerprint density at radius 2 is 1.75 bits per heavy atom. The molecule has 4 bridgehead atoms. The van der Waals surface area contributed by atoms with Gasteiger partial charge in [-0.3, -0.25) is 4.79 Å². The van der Waals surface area contributed by atoms with Crippen molar-refractivity contribution < 1.29 is 14.3 Å². The fourth-order valence-electron chi connectivity index (χ4n) is 6.69. The maximum absolute atomic E-state index is 13.4. The second-order valence-corrected chi connectivity index (χ2v) is 9.90. The van der Waals surface area contributed by atoms with Crippen LogP contribution in [0.1, 0.15) is 68.4 Å². The van der Waals surface area contributed by atoms with Crippen LogP contribution in [-0.2, 0) is 14.9 Å². The first kappa shape index (κ1) is 21.0. The Kier molecular flexibility index (Phi) is 5.39. The minimum atomic E-state index is -0.452. The number of para-hydroxylation sites is 1. The lowest BCUT2D eigenvalue weighted by Crippen LogP contribution is -2.49. The van der Waals surface area contributed by atoms with Crippen LogP contribution in [0.5, 0.6) is 0 Å². The molecule has 0 saturated heterocycles. The van der Waals surface area contributed by atoms with Crippen molar-refractivity contribution in [1.82, 2.24) is 15.1 Å². The Morgan fingerprint density at radius 1 is 1.12 bits per heavy atom. The second kappa shape index (κ2) is 8.23. The predicted molar refractivity (Wildman–Crippen MR) is 121 cm³/mol. The summed E-state index contributed by atoms with van der Waals surface area (Å²) in [4.78, 5) is 25.2. The third-order valence-corrected chi connectivity index (χ3v) is 7.45. The van der Waals surface area contributed by atoms with Gasteiger partial charge in [-0.15, -0.1) is 0 Å². The minimum absolute atomic E-state index is 0.0137. The largest absolute Gasteiger partial charge is 0.463 e. The molecule has 1 aromatic carbocycles. The molecule has 4 aliphatic carbocycles. The normalized spacial score (nSPS) is 28.6. The van der Waals surface area contributed by atoms with Crippen LogP contribution in [0.2, 0.25) is 0 Å². The Labute approximate surface area is 189 Å². The van der Waals surface area contributed by atoms with Gasteiger partial charge in [-0.1, -0.05) is 18.2 Å². The molecule has 0 aliphatic heterocycles. The topological polar surface area (TPSA) is 73.2 Å². The summed E-state index contributed by atoms with van der Waals surface area (Å²) in [6.07, 6.45) is 10.6. The Morgan fingerprint density at radius 3 is 2.34 bits per heavy atom. The molecular weight excluding hydrogens is 402 g/mol. The number of allylic oxidation sites excluding steroid dienone is 1. The van der Waals surface area contributed by atoms with Crippen LogP contribution < -0.4 is 5.32 Å². The van der Waals surface area contributed by atoms with Gasteiger partial charge in [-0.2, -0.15) is 5.10 Å². The van der Waals surface area contributed by atoms with Crippen LogP contribution in [0, 0.1) is 17.8 Å². The monoisotopic (exact) mass is 433 g/mol. The first-order valence-corrected chi connectivity index (χ1v) is 11.8. The van der Waals surface area contributed by atoms with Crippen LogP contribution >= 0.6 is 0 Å². The van der Waals surface area contributed by atoms with Crippen LogP contribution in [0.3, 0.4) is 0 Å². The van der Waals surface area contributed by atoms with Crippen molar-refractivity contribution in [2.75, 3.05) is 6.61 Å². The molecule has 0 radical (unpaired) electrons. The van der Waals surface area contributed by atoms with E-state index in [0.29, 0.717) is 17.9 Å². The van der Waals surface area contributed by atoms with Gasteiger partial charge in [-0.05, 0) is 82.3 Å². The highest BCUT2D eigenvalue weighted by atomic mass is 16.5. The molecule has 1 heterocycles. The molecule has 1 N–H and O–H groups in total. The zero-order valence-electron chi connectivity index (χ0n) is 18.8. The number of rotatable bonds is 6. The van der Waals surface area contributed by atoms with Gasteiger partial charge in [0.1, 0.15) is 0 Å². The van der Waals surface area contributed by atoms with E-state index < -0.39 is 5.97 Å². The molecule has 4 saturated carbocycles. The number of hydrogen-bond acceptors (Lipinski definition) is 4. The Balaban J connectivity index is 1.51. The summed E-state index contributed by atoms with van der Waals surface area (Å²) in [5, 5.41) is 7.92. The van der Waals surface area contributed by atoms with E-state index in [0.717, 1.165) is 48.4 Å². The molecule has 6 rings (SSSR count). The number of carbonyl (C=O) groups is 2. The number of carbonyl (C=O) groups excluding carboxylic acids is 2. The molecule has 2 aromatic rings. The summed E-state index contributed by atoms with van der Waals surface area (Å²) in [5.74, 6) is 1.60. The average molecular weight is 434 g/mol. The van der Waals surface area contributed by atoms with Crippen molar-refractivity contribution in [2.45, 2.75) is 57.8 Å². The summed E-state index contributed by atoms with van der Waals surface area (Å²) in [5.41, 5.74) is 2.95. The molecule has 0 spiro atoms. The number of esters is 1. The molecule has 168 valence electrons. The summed E-state index contributed by atoms with van der Waals surface area (Å²) >= 11 is 0. The van der Waals surface area contributed by atoms with Gasteiger partial charge in [0.25, 0.3) is 5.91 Å². The number of aromatic nitrogens is 2. The van der Waals surface area contributed by atoms with E-state index in [9.17, 15) is 9.59 Å². The SMILES string of the molecule is CCOC(=O)/C=C(\C)NC(=O)c1cn(-c2ccccc2)nc1C12CC3CC(CC(C3)C1)C2. The van der Waals surface area contributed by atoms with E-state index in [4.69, 9.17) is 9.84 Å². The number of benzene rings is 1. The van der Waals surface area contributed by atoms with E-state index in [1.165, 1.54) is 25.3 Å². The van der Waals surface area contributed by atoms with Gasteiger partial charge in [0.2, 0.25) is 0 Å². The smallest absolute Gasteiger partial charge is 0.332 e. The first-order chi connectivity index (χ1) is 15.5. The fraction of sp³-hybridized carbons (Fsp3) is 0.500. The second-order valence-electron chi connectivity index (χ2n) is 9.90. The minimum Gasteiger partial charge on any atom is -0.463 e. The van der Waals surface area contributed by atoms with Crippen LogP contribution in [0.4, 0.5) is 0 Å². The van der Waals surface area contributed by atoms with Crippen LogP contribution in [0.25, 0.3) is 5.69 Å². The maximum atomic E-state index is 13.4. The summed E-state index contributed by atoms with van der Waals surface area (Å²) < 4.78 is 6.81. The molecule has 4 fully saturated rings. The zero-order chi connectivity index (χ0) is 22.3. The first-order valence-electron chi connectivity index (χ1n) is 11.8. The highest BCUT2D eigenvalue weighted by molar-refractivity contribution is 5.97. The summed E-state index contributed by atoms with van der Waals surface area (Å²) in [7, 11) is 0. The van der Waals surface area contributed by atoms with Crippen molar-refractivity contribution in [3.05, 3.63) is 59.6 Å². The lowest BCUT2D eigenvalue weighted by molar-refractivity contribution is -0.137. The number of hydrogen-bond donors (Lipinski definition) is 1. The highest BCUT2D eigenvalue weighted by Gasteiger charge is 2.53. The van der Waals surface area contributed by atoms with Crippen LogP contribution in [0.15, 0.2) is 48.3 Å². The predicted octanol–water partition coefficient (Wildman–Crippen LogP) is 4.54. The maximum Gasteiger partial charge on any atom is 0.332 e. The van der Waals surface area contributed by atoms with Crippen molar-refractivity contribution >= 4 is 11.9 Å². The fourth-order valence-corrected chi connectivity index (χ4v) is 6.69. The Hall–Kier alpha value is -2.89. The molecule has 4 aliphatic rings. The van der Waals surface area contributed by atoms with Crippen molar-refractivity contribution in [1.29, 1.82) is 0 Å². The summed E-state index contributed by atoms with van der Waals surface area (Å²) in [6.45, 7) is 3.77. The Bertz CT molecular complexity index is 1020. The molecular formula is C26H31N3O3. The van der Waals surface area contributed by atoms with Gasteiger partial charge in [-0.25, -0.2) is 9.48 Å². The van der Waals surface area contributed by atoms with E-state index in [2.05, 4.69) is 5.32 Å². The van der Waals surface area contributed by atoms with Gasteiger partial charge >= 0.3 is 5.97 Å².